The molecule has 1 aromatic heterocycles. The molecule has 1 aromatic rings. The van der Waals surface area contributed by atoms with E-state index in [1.54, 1.807) is 18.7 Å². The first-order valence-electron chi connectivity index (χ1n) is 7.03. The topological polar surface area (TPSA) is 82.2 Å². The third-order valence-electron chi connectivity index (χ3n) is 3.41. The van der Waals surface area contributed by atoms with Crippen molar-refractivity contribution < 1.29 is 9.53 Å². The van der Waals surface area contributed by atoms with Gasteiger partial charge in [-0.1, -0.05) is 20.3 Å². The molecule has 0 aliphatic heterocycles. The highest BCUT2D eigenvalue weighted by Crippen LogP contribution is 2.22. The number of ether oxygens (including phenoxy) is 1. The monoisotopic (exact) mass is 282 g/mol. The molecule has 1 rings (SSSR count). The van der Waals surface area contributed by atoms with Crippen molar-refractivity contribution in [3.63, 3.8) is 0 Å². The number of aromatic nitrogens is 2. The van der Waals surface area contributed by atoms with Gasteiger partial charge < -0.3 is 15.8 Å². The fraction of sp³-hybridized carbons (Fsp3) is 0.714. The van der Waals surface area contributed by atoms with Gasteiger partial charge in [-0.05, 0) is 19.8 Å². The van der Waals surface area contributed by atoms with Crippen LogP contribution in [0, 0.1) is 0 Å². The molecule has 0 bridgehead atoms. The Balaban J connectivity index is 2.82. The van der Waals surface area contributed by atoms with Gasteiger partial charge in [0.15, 0.2) is 0 Å². The standard InChI is InChI=1S/C14H26N4O2/c1-6-8-14(3,15)13(19)16-9-10-11(7-2)17-18(4)12(10)20-5/h6-9,15H2,1-5H3,(H,16,19). The smallest absolute Gasteiger partial charge is 0.240 e. The Bertz CT molecular complexity index is 466. The molecule has 0 spiro atoms. The number of nitrogens with two attached hydrogens (primary N) is 1. The molecular weight excluding hydrogens is 256 g/mol. The highest BCUT2D eigenvalue weighted by molar-refractivity contribution is 5.85. The Morgan fingerprint density at radius 2 is 2.15 bits per heavy atom. The summed E-state index contributed by atoms with van der Waals surface area (Å²) >= 11 is 0. The first-order valence-corrected chi connectivity index (χ1v) is 7.03. The number of carbonyl (C=O) groups excluding carboxylic acids is 1. The number of amides is 1. The Hall–Kier alpha value is -1.56. The van der Waals surface area contributed by atoms with Crippen LogP contribution in [0.3, 0.4) is 0 Å². The Kier molecular flexibility index (Phi) is 5.56. The molecule has 0 saturated carbocycles. The van der Waals surface area contributed by atoms with Crippen LogP contribution in [0.2, 0.25) is 0 Å². The molecule has 0 aliphatic rings. The number of aryl methyl sites for hydroxylation is 2. The number of hydrogen-bond acceptors (Lipinski definition) is 4. The fourth-order valence-corrected chi connectivity index (χ4v) is 2.33. The van der Waals surface area contributed by atoms with E-state index < -0.39 is 5.54 Å². The van der Waals surface area contributed by atoms with Crippen molar-refractivity contribution in [1.82, 2.24) is 15.1 Å². The summed E-state index contributed by atoms with van der Waals surface area (Å²) in [6, 6.07) is 0. The predicted molar refractivity (Wildman–Crippen MR) is 78.5 cm³/mol. The van der Waals surface area contributed by atoms with Crippen LogP contribution in [-0.2, 0) is 24.8 Å². The van der Waals surface area contributed by atoms with E-state index in [0.717, 1.165) is 24.1 Å². The number of nitrogens with zero attached hydrogens (tertiary/aromatic N) is 2. The van der Waals surface area contributed by atoms with E-state index in [4.69, 9.17) is 10.5 Å². The highest BCUT2D eigenvalue weighted by atomic mass is 16.5. The summed E-state index contributed by atoms with van der Waals surface area (Å²) in [4.78, 5) is 12.1. The maximum absolute atomic E-state index is 12.1. The summed E-state index contributed by atoms with van der Waals surface area (Å²) in [6.07, 6.45) is 2.32. The van der Waals surface area contributed by atoms with Crippen molar-refractivity contribution in [3.8, 4) is 5.88 Å². The van der Waals surface area contributed by atoms with Gasteiger partial charge >= 0.3 is 0 Å². The molecule has 1 atom stereocenters. The minimum atomic E-state index is -0.837. The quantitative estimate of drug-likeness (QED) is 0.785. The van der Waals surface area contributed by atoms with Gasteiger partial charge in [0, 0.05) is 7.05 Å². The van der Waals surface area contributed by atoms with Gasteiger partial charge in [0.05, 0.1) is 30.5 Å². The van der Waals surface area contributed by atoms with Gasteiger partial charge in [0.25, 0.3) is 0 Å². The molecule has 1 heterocycles. The average Bonchev–Trinajstić information content (AvgIpc) is 2.71. The number of methoxy groups -OCH3 is 1. The van der Waals surface area contributed by atoms with Gasteiger partial charge in [-0.15, -0.1) is 0 Å². The van der Waals surface area contributed by atoms with E-state index >= 15 is 0 Å². The molecule has 6 heteroatoms. The van der Waals surface area contributed by atoms with Crippen molar-refractivity contribution in [2.24, 2.45) is 12.8 Å². The Labute approximate surface area is 120 Å². The van der Waals surface area contributed by atoms with Gasteiger partial charge in [-0.2, -0.15) is 5.10 Å². The molecule has 0 fully saturated rings. The van der Waals surface area contributed by atoms with Crippen LogP contribution < -0.4 is 15.8 Å². The zero-order valence-corrected chi connectivity index (χ0v) is 13.1. The maximum atomic E-state index is 12.1. The average molecular weight is 282 g/mol. The third kappa shape index (κ3) is 3.50. The van der Waals surface area contributed by atoms with E-state index in [0.29, 0.717) is 18.8 Å². The van der Waals surface area contributed by atoms with Crippen LogP contribution in [-0.4, -0.2) is 28.3 Å². The first-order chi connectivity index (χ1) is 9.37. The largest absolute Gasteiger partial charge is 0.481 e. The van der Waals surface area contributed by atoms with Gasteiger partial charge in [0.1, 0.15) is 0 Å². The second kappa shape index (κ2) is 6.74. The lowest BCUT2D eigenvalue weighted by Crippen LogP contribution is -2.51. The Morgan fingerprint density at radius 3 is 2.65 bits per heavy atom. The molecular formula is C14H26N4O2. The molecule has 0 radical (unpaired) electrons. The summed E-state index contributed by atoms with van der Waals surface area (Å²) in [5, 5.41) is 7.28. The highest BCUT2D eigenvalue weighted by Gasteiger charge is 2.27. The van der Waals surface area contributed by atoms with Gasteiger partial charge in [-0.25, -0.2) is 4.68 Å². The van der Waals surface area contributed by atoms with Crippen molar-refractivity contribution in [2.75, 3.05) is 7.11 Å². The summed E-state index contributed by atoms with van der Waals surface area (Å²) < 4.78 is 7.03. The van der Waals surface area contributed by atoms with E-state index in [-0.39, 0.29) is 5.91 Å². The Morgan fingerprint density at radius 1 is 1.50 bits per heavy atom. The maximum Gasteiger partial charge on any atom is 0.240 e. The van der Waals surface area contributed by atoms with Crippen molar-refractivity contribution in [3.05, 3.63) is 11.3 Å². The lowest BCUT2D eigenvalue weighted by atomic mass is 9.96. The molecule has 1 amide bonds. The van der Waals surface area contributed by atoms with Crippen molar-refractivity contribution in [2.45, 2.75) is 52.1 Å². The van der Waals surface area contributed by atoms with Crippen molar-refractivity contribution >= 4 is 5.91 Å². The predicted octanol–water partition coefficient (Wildman–Crippen LogP) is 1.12. The number of hydrogen-bond donors (Lipinski definition) is 2. The number of rotatable bonds is 7. The normalized spacial score (nSPS) is 13.9. The lowest BCUT2D eigenvalue weighted by molar-refractivity contribution is -0.126. The van der Waals surface area contributed by atoms with Crippen LogP contribution >= 0.6 is 0 Å². The number of nitrogens with one attached hydrogen (secondary N) is 1. The SMILES string of the molecule is CCCC(C)(N)C(=O)NCc1c(CC)nn(C)c1OC. The zero-order chi connectivity index (χ0) is 15.3. The van der Waals surface area contributed by atoms with Gasteiger partial charge in [-0.3, -0.25) is 4.79 Å². The zero-order valence-electron chi connectivity index (χ0n) is 13.1. The van der Waals surface area contributed by atoms with Crippen molar-refractivity contribution in [1.29, 1.82) is 0 Å². The van der Waals surface area contributed by atoms with Crippen LogP contribution in [0.4, 0.5) is 0 Å². The molecule has 1 unspecified atom stereocenters. The molecule has 6 nitrogen and oxygen atoms in total. The molecule has 0 aromatic carbocycles. The molecule has 114 valence electrons. The van der Waals surface area contributed by atoms with Crippen LogP contribution in [0.15, 0.2) is 0 Å². The second-order valence-electron chi connectivity index (χ2n) is 5.26. The molecule has 0 aliphatic carbocycles. The van der Waals surface area contributed by atoms with Crippen LogP contribution in [0.5, 0.6) is 5.88 Å². The molecule has 20 heavy (non-hydrogen) atoms. The second-order valence-corrected chi connectivity index (χ2v) is 5.26. The third-order valence-corrected chi connectivity index (χ3v) is 3.41. The lowest BCUT2D eigenvalue weighted by Gasteiger charge is -2.22. The fourth-order valence-electron chi connectivity index (χ4n) is 2.33. The van der Waals surface area contributed by atoms with Crippen LogP contribution in [0.1, 0.15) is 44.9 Å². The van der Waals surface area contributed by atoms with E-state index in [9.17, 15) is 4.79 Å². The van der Waals surface area contributed by atoms with Gasteiger partial charge in [0.2, 0.25) is 11.8 Å². The number of carbonyl (C=O) groups is 1. The molecule has 0 saturated heterocycles. The summed E-state index contributed by atoms with van der Waals surface area (Å²) in [5.74, 6) is 0.531. The minimum Gasteiger partial charge on any atom is -0.481 e. The summed E-state index contributed by atoms with van der Waals surface area (Å²) in [5.41, 5.74) is 7.02. The molecule has 3 N–H and O–H groups in total. The van der Waals surface area contributed by atoms with Crippen LogP contribution in [0.25, 0.3) is 0 Å². The first kappa shape index (κ1) is 16.5. The summed E-state index contributed by atoms with van der Waals surface area (Å²) in [6.45, 7) is 6.18. The van der Waals surface area contributed by atoms with E-state index in [1.807, 2.05) is 20.9 Å². The minimum absolute atomic E-state index is 0.146. The van der Waals surface area contributed by atoms with E-state index in [2.05, 4.69) is 10.4 Å². The summed E-state index contributed by atoms with van der Waals surface area (Å²) in [7, 11) is 3.43. The van der Waals surface area contributed by atoms with E-state index in [1.165, 1.54) is 0 Å².